The van der Waals surface area contributed by atoms with Crippen LogP contribution in [0.1, 0.15) is 26.3 Å². The fourth-order valence-electron chi connectivity index (χ4n) is 8.13. The number of para-hydroxylation sites is 2. The number of anilines is 6. The van der Waals surface area contributed by atoms with Crippen LogP contribution in [0.4, 0.5) is 42.9 Å². The summed E-state index contributed by atoms with van der Waals surface area (Å²) in [7, 11) is 0. The molecule has 10 rings (SSSR count). The molecular weight excluding hydrogens is 645 g/mol. The zero-order valence-electron chi connectivity index (χ0n) is 27.1. The average Bonchev–Trinajstić information content (AvgIpc) is 3.74. The standard InChI is InChI=1S/C42H29BF2N2S2/c1-42(2,3)27-11-8-10-25-26-19-21-29-38(41(26)49-40(25)27)47(33-15-7-5-13-31(33)45)35-17-9-16-34-36(35)43(29)28-20-18-24-22-23-48-39(24)37(28)46(34)32-14-6-4-12-30(32)44/h4-23H,1-3H3. The van der Waals surface area contributed by atoms with E-state index in [1.54, 1.807) is 34.8 Å². The summed E-state index contributed by atoms with van der Waals surface area (Å²) in [5, 5.41) is 5.63. The Morgan fingerprint density at radius 1 is 0.551 bits per heavy atom. The Balaban J connectivity index is 1.37. The van der Waals surface area contributed by atoms with E-state index in [1.165, 1.54) is 33.2 Å². The second kappa shape index (κ2) is 10.3. The van der Waals surface area contributed by atoms with E-state index in [9.17, 15) is 0 Å². The van der Waals surface area contributed by atoms with Crippen LogP contribution in [-0.2, 0) is 5.41 Å². The summed E-state index contributed by atoms with van der Waals surface area (Å²) in [5.74, 6) is -0.581. The molecule has 0 bridgehead atoms. The van der Waals surface area contributed by atoms with Crippen molar-refractivity contribution in [3.63, 3.8) is 0 Å². The molecule has 49 heavy (non-hydrogen) atoms. The normalized spacial score (nSPS) is 13.7. The van der Waals surface area contributed by atoms with Crippen molar-refractivity contribution in [3.05, 3.63) is 138 Å². The van der Waals surface area contributed by atoms with Crippen LogP contribution in [0, 0.1) is 11.6 Å². The summed E-state index contributed by atoms with van der Waals surface area (Å²) in [6.07, 6.45) is 0. The SMILES string of the molecule is CC(C)(C)c1cccc2c1sc1c3c(ccc12)B1c2ccc4ccsc4c2N(c2ccccc2F)c2cccc(c21)N3c1ccccc1F. The number of nitrogens with zero attached hydrogens (tertiary/aromatic N) is 2. The Bertz CT molecular complexity index is 2670. The first kappa shape index (κ1) is 29.0. The van der Waals surface area contributed by atoms with E-state index >= 15 is 8.78 Å². The number of fused-ring (bicyclic) bond motifs is 10. The van der Waals surface area contributed by atoms with Gasteiger partial charge < -0.3 is 9.80 Å². The number of rotatable bonds is 2. The Morgan fingerprint density at radius 3 is 1.78 bits per heavy atom. The second-order valence-corrected chi connectivity index (χ2v) is 15.9. The Morgan fingerprint density at radius 2 is 1.12 bits per heavy atom. The van der Waals surface area contributed by atoms with Crippen LogP contribution in [0.2, 0.25) is 0 Å². The van der Waals surface area contributed by atoms with Crippen molar-refractivity contribution in [2.45, 2.75) is 26.2 Å². The highest BCUT2D eigenvalue weighted by Crippen LogP contribution is 2.51. The molecule has 0 spiro atoms. The van der Waals surface area contributed by atoms with Gasteiger partial charge in [-0.1, -0.05) is 93.6 Å². The summed E-state index contributed by atoms with van der Waals surface area (Å²) < 4.78 is 35.6. The lowest BCUT2D eigenvalue weighted by atomic mass is 9.33. The quantitative estimate of drug-likeness (QED) is 0.168. The first-order valence-electron chi connectivity index (χ1n) is 16.5. The molecule has 0 radical (unpaired) electrons. The molecule has 0 aliphatic carbocycles. The molecule has 6 aromatic carbocycles. The fourth-order valence-corrected chi connectivity index (χ4v) is 10.6. The lowest BCUT2D eigenvalue weighted by molar-refractivity contribution is 0.597. The molecule has 0 saturated carbocycles. The van der Waals surface area contributed by atoms with Crippen LogP contribution in [0.15, 0.2) is 121 Å². The Hall–Kier alpha value is -4.98. The van der Waals surface area contributed by atoms with Crippen LogP contribution < -0.4 is 26.2 Å². The topological polar surface area (TPSA) is 6.48 Å². The van der Waals surface area contributed by atoms with Gasteiger partial charge >= 0.3 is 0 Å². The van der Waals surface area contributed by atoms with Gasteiger partial charge in [0, 0.05) is 26.8 Å². The van der Waals surface area contributed by atoms with Gasteiger partial charge in [0.1, 0.15) is 11.6 Å². The first-order chi connectivity index (χ1) is 23.8. The summed E-state index contributed by atoms with van der Waals surface area (Å²) in [5.41, 5.74) is 9.34. The van der Waals surface area contributed by atoms with Crippen LogP contribution in [0.5, 0.6) is 0 Å². The number of thiophene rings is 2. The molecule has 2 aromatic heterocycles. The van der Waals surface area contributed by atoms with E-state index < -0.39 is 0 Å². The number of hydrogen-bond donors (Lipinski definition) is 0. The van der Waals surface area contributed by atoms with Gasteiger partial charge in [0.2, 0.25) is 0 Å². The molecule has 2 aliphatic rings. The van der Waals surface area contributed by atoms with E-state index in [4.69, 9.17) is 0 Å². The van der Waals surface area contributed by atoms with Crippen LogP contribution in [0.25, 0.3) is 30.3 Å². The van der Waals surface area contributed by atoms with Gasteiger partial charge in [-0.25, -0.2) is 8.78 Å². The van der Waals surface area contributed by atoms with Crippen molar-refractivity contribution in [3.8, 4) is 0 Å². The van der Waals surface area contributed by atoms with Gasteiger partial charge in [-0.15, -0.1) is 22.7 Å². The first-order valence-corrected chi connectivity index (χ1v) is 18.2. The van der Waals surface area contributed by atoms with Crippen LogP contribution in [0.3, 0.4) is 0 Å². The molecule has 8 aromatic rings. The molecule has 0 atom stereocenters. The highest BCUT2D eigenvalue weighted by molar-refractivity contribution is 7.27. The Kier molecular flexibility index (Phi) is 6.07. The summed E-state index contributed by atoms with van der Waals surface area (Å²) in [4.78, 5) is 4.22. The van der Waals surface area contributed by atoms with Gasteiger partial charge in [0.25, 0.3) is 6.71 Å². The van der Waals surface area contributed by atoms with Gasteiger partial charge in [-0.3, -0.25) is 0 Å². The third kappa shape index (κ3) is 3.97. The third-order valence-corrected chi connectivity index (χ3v) is 12.4. The molecule has 2 aliphatic heterocycles. The van der Waals surface area contributed by atoms with E-state index in [0.717, 1.165) is 53.9 Å². The zero-order valence-corrected chi connectivity index (χ0v) is 28.7. The minimum atomic E-state index is -0.291. The summed E-state index contributed by atoms with van der Waals surface area (Å²) in [6, 6.07) is 37.9. The van der Waals surface area contributed by atoms with Crippen molar-refractivity contribution in [2.75, 3.05) is 9.80 Å². The second-order valence-electron chi connectivity index (χ2n) is 14.0. The maximum Gasteiger partial charge on any atom is 0.252 e. The molecule has 2 nitrogen and oxygen atoms in total. The molecule has 0 fully saturated rings. The zero-order chi connectivity index (χ0) is 33.2. The molecule has 4 heterocycles. The molecule has 0 unspecified atom stereocenters. The number of hydrogen-bond acceptors (Lipinski definition) is 4. The van der Waals surface area contributed by atoms with Crippen molar-refractivity contribution < 1.29 is 8.78 Å². The molecule has 236 valence electrons. The van der Waals surface area contributed by atoms with Crippen LogP contribution >= 0.6 is 22.7 Å². The lowest BCUT2D eigenvalue weighted by Gasteiger charge is -2.44. The largest absolute Gasteiger partial charge is 0.307 e. The maximum atomic E-state index is 16.2. The van der Waals surface area contributed by atoms with Gasteiger partial charge in [-0.2, -0.15) is 0 Å². The monoisotopic (exact) mass is 674 g/mol. The molecule has 0 amide bonds. The van der Waals surface area contributed by atoms with Crippen LogP contribution in [-0.4, -0.2) is 6.71 Å². The fraction of sp³-hybridized carbons (Fsp3) is 0.0952. The highest BCUT2D eigenvalue weighted by atomic mass is 32.1. The van der Waals surface area contributed by atoms with Crippen molar-refractivity contribution in [2.24, 2.45) is 0 Å². The summed E-state index contributed by atoms with van der Waals surface area (Å²) >= 11 is 3.49. The lowest BCUT2D eigenvalue weighted by Crippen LogP contribution is -2.61. The molecule has 7 heteroatoms. The molecule has 0 saturated heterocycles. The van der Waals surface area contributed by atoms with Crippen molar-refractivity contribution in [1.82, 2.24) is 0 Å². The van der Waals surface area contributed by atoms with Gasteiger partial charge in [0.15, 0.2) is 0 Å². The molecule has 0 N–H and O–H groups in total. The maximum absolute atomic E-state index is 16.2. The van der Waals surface area contributed by atoms with E-state index in [0.29, 0.717) is 11.4 Å². The summed E-state index contributed by atoms with van der Waals surface area (Å²) in [6.45, 7) is 6.63. The third-order valence-electron chi connectivity index (χ3n) is 10.2. The highest BCUT2D eigenvalue weighted by Gasteiger charge is 2.45. The predicted octanol–water partition coefficient (Wildman–Crippen LogP) is 10.9. The van der Waals surface area contributed by atoms with E-state index in [1.807, 2.05) is 30.3 Å². The van der Waals surface area contributed by atoms with Gasteiger partial charge in [-0.05, 0) is 80.6 Å². The average molecular weight is 675 g/mol. The van der Waals surface area contributed by atoms with Crippen molar-refractivity contribution in [1.29, 1.82) is 0 Å². The van der Waals surface area contributed by atoms with E-state index in [-0.39, 0.29) is 23.8 Å². The van der Waals surface area contributed by atoms with E-state index in [2.05, 4.69) is 96.6 Å². The Labute approximate surface area is 291 Å². The van der Waals surface area contributed by atoms with Gasteiger partial charge in [0.05, 0.1) is 32.1 Å². The predicted molar refractivity (Wildman–Crippen MR) is 207 cm³/mol. The smallest absolute Gasteiger partial charge is 0.252 e. The minimum absolute atomic E-state index is 0.0439. The minimum Gasteiger partial charge on any atom is -0.307 e. The molecular formula is C42H29BF2N2S2. The van der Waals surface area contributed by atoms with Crippen molar-refractivity contribution >= 4 is 110 Å². The number of benzene rings is 6. The number of halogens is 2.